The second kappa shape index (κ2) is 5.99. The van der Waals surface area contributed by atoms with E-state index in [9.17, 15) is 0 Å². The third-order valence-electron chi connectivity index (χ3n) is 2.16. The largest absolute Gasteiger partial charge is 0.384 e. The number of aryl methyl sites for hydroxylation is 4. The summed E-state index contributed by atoms with van der Waals surface area (Å²) in [6.45, 7) is 8.10. The van der Waals surface area contributed by atoms with Gasteiger partial charge < -0.3 is 5.73 Å². The van der Waals surface area contributed by atoms with Crippen molar-refractivity contribution < 1.29 is 0 Å². The van der Waals surface area contributed by atoms with Crippen molar-refractivity contribution in [2.24, 2.45) is 0 Å². The van der Waals surface area contributed by atoms with Crippen LogP contribution in [0.4, 0.5) is 5.82 Å². The van der Waals surface area contributed by atoms with Gasteiger partial charge in [0.1, 0.15) is 5.82 Å². The molecule has 0 unspecified atom stereocenters. The van der Waals surface area contributed by atoms with E-state index in [-0.39, 0.29) is 0 Å². The van der Waals surface area contributed by atoms with Crippen LogP contribution >= 0.6 is 0 Å². The van der Waals surface area contributed by atoms with Gasteiger partial charge in [-0.05, 0) is 63.1 Å². The maximum absolute atomic E-state index is 5.35. The summed E-state index contributed by atoms with van der Waals surface area (Å²) in [5, 5.41) is 0. The smallest absolute Gasteiger partial charge is 0.123 e. The first-order valence-corrected chi connectivity index (χ1v) is 5.57. The van der Waals surface area contributed by atoms with Crippen LogP contribution in [0.3, 0.4) is 0 Å². The van der Waals surface area contributed by atoms with Crippen molar-refractivity contribution in [1.82, 2.24) is 9.97 Å². The Balaban J connectivity index is 0.000000171. The minimum atomic E-state index is 0.588. The summed E-state index contributed by atoms with van der Waals surface area (Å²) in [7, 11) is 0. The molecular weight excluding hydrogens is 210 g/mol. The van der Waals surface area contributed by atoms with E-state index in [0.29, 0.717) is 5.82 Å². The molecule has 3 nitrogen and oxygen atoms in total. The molecule has 0 spiro atoms. The minimum Gasteiger partial charge on any atom is -0.384 e. The van der Waals surface area contributed by atoms with E-state index < -0.39 is 0 Å². The second-order valence-corrected chi connectivity index (χ2v) is 4.19. The fraction of sp³-hybridized carbons (Fsp3) is 0.286. The second-order valence-electron chi connectivity index (χ2n) is 4.19. The van der Waals surface area contributed by atoms with Crippen molar-refractivity contribution in [3.63, 3.8) is 0 Å². The summed E-state index contributed by atoms with van der Waals surface area (Å²) in [4.78, 5) is 8.05. The maximum Gasteiger partial charge on any atom is 0.123 e. The van der Waals surface area contributed by atoms with Gasteiger partial charge in [-0.15, -0.1) is 0 Å². The Morgan fingerprint density at radius 2 is 1.47 bits per heavy atom. The van der Waals surface area contributed by atoms with Crippen molar-refractivity contribution in [2.45, 2.75) is 27.7 Å². The zero-order valence-electron chi connectivity index (χ0n) is 10.9. The summed E-state index contributed by atoms with van der Waals surface area (Å²) < 4.78 is 0. The Labute approximate surface area is 103 Å². The fourth-order valence-corrected chi connectivity index (χ4v) is 1.60. The van der Waals surface area contributed by atoms with Gasteiger partial charge in [0, 0.05) is 17.6 Å². The molecule has 0 aliphatic carbocycles. The molecule has 0 radical (unpaired) electrons. The van der Waals surface area contributed by atoms with Crippen LogP contribution in [0.25, 0.3) is 0 Å². The molecule has 0 saturated heterocycles. The maximum atomic E-state index is 5.35. The highest BCUT2D eigenvalue weighted by molar-refractivity contribution is 5.30. The average molecular weight is 229 g/mol. The van der Waals surface area contributed by atoms with Crippen molar-refractivity contribution >= 4 is 5.82 Å². The first-order valence-electron chi connectivity index (χ1n) is 5.57. The molecule has 0 aliphatic heterocycles. The van der Waals surface area contributed by atoms with Gasteiger partial charge in [-0.3, -0.25) is 4.98 Å². The third-order valence-corrected chi connectivity index (χ3v) is 2.16. The Morgan fingerprint density at radius 1 is 0.882 bits per heavy atom. The van der Waals surface area contributed by atoms with Gasteiger partial charge in [0.05, 0.1) is 0 Å². The zero-order chi connectivity index (χ0) is 12.8. The molecule has 3 heteroatoms. The normalized spacial score (nSPS) is 9.41. The number of hydrogen-bond acceptors (Lipinski definition) is 3. The SMILES string of the molecule is Cc1cc(C)nc(C)c1.Cc1ccnc(N)c1. The van der Waals surface area contributed by atoms with E-state index in [1.165, 1.54) is 5.56 Å². The van der Waals surface area contributed by atoms with Crippen LogP contribution in [-0.4, -0.2) is 9.97 Å². The summed E-state index contributed by atoms with van der Waals surface area (Å²) in [6, 6.07) is 7.90. The number of nitrogen functional groups attached to an aromatic ring is 1. The summed E-state index contributed by atoms with van der Waals surface area (Å²) in [5.74, 6) is 0.588. The number of nitrogens with two attached hydrogens (primary N) is 1. The quantitative estimate of drug-likeness (QED) is 0.755. The topological polar surface area (TPSA) is 51.8 Å². The summed E-state index contributed by atoms with van der Waals surface area (Å²) in [6.07, 6.45) is 1.70. The van der Waals surface area contributed by atoms with Gasteiger partial charge in [-0.25, -0.2) is 4.98 Å². The van der Waals surface area contributed by atoms with Gasteiger partial charge in [0.2, 0.25) is 0 Å². The van der Waals surface area contributed by atoms with Crippen LogP contribution in [0.1, 0.15) is 22.5 Å². The zero-order valence-corrected chi connectivity index (χ0v) is 10.9. The highest BCUT2D eigenvalue weighted by Gasteiger charge is 1.88. The minimum absolute atomic E-state index is 0.588. The lowest BCUT2D eigenvalue weighted by atomic mass is 10.2. The number of rotatable bonds is 0. The molecule has 2 aromatic heterocycles. The lowest BCUT2D eigenvalue weighted by Gasteiger charge is -1.96. The van der Waals surface area contributed by atoms with E-state index >= 15 is 0 Å². The molecule has 0 saturated carbocycles. The Morgan fingerprint density at radius 3 is 1.82 bits per heavy atom. The van der Waals surface area contributed by atoms with Crippen molar-refractivity contribution in [2.75, 3.05) is 5.73 Å². The number of anilines is 1. The molecule has 2 N–H and O–H groups in total. The Hall–Kier alpha value is -1.90. The molecule has 2 aromatic rings. The average Bonchev–Trinajstić information content (AvgIpc) is 2.15. The molecular formula is C14H19N3. The van der Waals surface area contributed by atoms with Gasteiger partial charge in [0.15, 0.2) is 0 Å². The fourth-order valence-electron chi connectivity index (χ4n) is 1.60. The standard InChI is InChI=1S/C8H11N.C6H8N2/c1-6-4-7(2)9-8(3)5-6;1-5-2-3-8-6(7)4-5/h4-5H,1-3H3;2-4H,1H3,(H2,7,8). The number of aromatic nitrogens is 2. The molecule has 0 bridgehead atoms. The number of hydrogen-bond donors (Lipinski definition) is 1. The molecule has 90 valence electrons. The first-order chi connectivity index (χ1) is 7.97. The molecule has 0 amide bonds. The van der Waals surface area contributed by atoms with E-state index in [2.05, 4.69) is 29.0 Å². The van der Waals surface area contributed by atoms with Crippen LogP contribution in [0.15, 0.2) is 30.5 Å². The van der Waals surface area contributed by atoms with Crippen molar-refractivity contribution in [1.29, 1.82) is 0 Å². The van der Waals surface area contributed by atoms with Gasteiger partial charge in [0.25, 0.3) is 0 Å². The molecule has 2 rings (SSSR count). The molecule has 0 fully saturated rings. The molecule has 17 heavy (non-hydrogen) atoms. The van der Waals surface area contributed by atoms with Gasteiger partial charge in [-0.2, -0.15) is 0 Å². The summed E-state index contributed by atoms with van der Waals surface area (Å²) >= 11 is 0. The van der Waals surface area contributed by atoms with E-state index in [1.54, 1.807) is 6.20 Å². The first kappa shape index (κ1) is 13.2. The molecule has 2 heterocycles. The van der Waals surface area contributed by atoms with Crippen molar-refractivity contribution in [3.05, 3.63) is 53.0 Å². The van der Waals surface area contributed by atoms with Crippen LogP contribution < -0.4 is 5.73 Å². The molecule has 0 aliphatic rings. The highest BCUT2D eigenvalue weighted by atomic mass is 14.8. The molecule has 0 aromatic carbocycles. The number of pyridine rings is 2. The van der Waals surface area contributed by atoms with E-state index in [0.717, 1.165) is 17.0 Å². The van der Waals surface area contributed by atoms with Gasteiger partial charge >= 0.3 is 0 Å². The van der Waals surface area contributed by atoms with Crippen LogP contribution in [0.2, 0.25) is 0 Å². The van der Waals surface area contributed by atoms with Gasteiger partial charge in [-0.1, -0.05) is 0 Å². The lowest BCUT2D eigenvalue weighted by molar-refractivity contribution is 1.10. The van der Waals surface area contributed by atoms with Crippen molar-refractivity contribution in [3.8, 4) is 0 Å². The van der Waals surface area contributed by atoms with Crippen LogP contribution in [-0.2, 0) is 0 Å². The summed E-state index contributed by atoms with van der Waals surface area (Å²) in [5.41, 5.74) is 10.00. The molecule has 0 atom stereocenters. The van der Waals surface area contributed by atoms with Crippen LogP contribution in [0.5, 0.6) is 0 Å². The monoisotopic (exact) mass is 229 g/mol. The van der Waals surface area contributed by atoms with Crippen LogP contribution in [0, 0.1) is 27.7 Å². The lowest BCUT2D eigenvalue weighted by Crippen LogP contribution is -1.87. The Bertz CT molecular complexity index is 425. The number of nitrogens with zero attached hydrogens (tertiary/aromatic N) is 2. The highest BCUT2D eigenvalue weighted by Crippen LogP contribution is 2.01. The van der Waals surface area contributed by atoms with E-state index in [4.69, 9.17) is 5.73 Å². The Kier molecular flexibility index (Phi) is 4.64. The third kappa shape index (κ3) is 5.11. The predicted molar refractivity (Wildman–Crippen MR) is 71.8 cm³/mol. The van der Waals surface area contributed by atoms with E-state index in [1.807, 2.05) is 32.9 Å². The predicted octanol–water partition coefficient (Wildman–Crippen LogP) is 2.98.